The third-order valence-electron chi connectivity index (χ3n) is 12.6. The van der Waals surface area contributed by atoms with E-state index >= 15 is 0 Å². The maximum Gasteiger partial charge on any atom is 0.397 e. The molecule has 6 unspecified atom stereocenters. The zero-order chi connectivity index (χ0) is 48.2. The molecule has 12 nitrogen and oxygen atoms in total. The van der Waals surface area contributed by atoms with E-state index in [1.165, 1.54) is 173 Å². The summed E-state index contributed by atoms with van der Waals surface area (Å²) in [6, 6.07) is 0. The Labute approximate surface area is 403 Å². The van der Waals surface area contributed by atoms with Gasteiger partial charge in [0.05, 0.1) is 19.8 Å². The van der Waals surface area contributed by atoms with Crippen molar-refractivity contribution in [2.75, 3.05) is 26.4 Å². The topological polar surface area (TPSA) is 178 Å². The van der Waals surface area contributed by atoms with Crippen LogP contribution in [0, 0.1) is 0 Å². The summed E-state index contributed by atoms with van der Waals surface area (Å²) in [7, 11) is -5.06. The highest BCUT2D eigenvalue weighted by atomic mass is 32.3. The molecular formula is C53H100O12S. The molecule has 1 fully saturated rings. The van der Waals surface area contributed by atoms with Crippen molar-refractivity contribution in [3.05, 3.63) is 24.3 Å². The fourth-order valence-corrected chi connectivity index (χ4v) is 8.98. The van der Waals surface area contributed by atoms with Crippen LogP contribution in [0.3, 0.4) is 0 Å². The van der Waals surface area contributed by atoms with Gasteiger partial charge in [-0.15, -0.1) is 0 Å². The summed E-state index contributed by atoms with van der Waals surface area (Å²) in [6.45, 7) is 4.02. The molecule has 390 valence electrons. The summed E-state index contributed by atoms with van der Waals surface area (Å²) < 4.78 is 59.3. The third kappa shape index (κ3) is 37.5. The fourth-order valence-electron chi connectivity index (χ4n) is 8.47. The van der Waals surface area contributed by atoms with Gasteiger partial charge in [-0.25, -0.2) is 4.18 Å². The standard InChI is InChI=1S/C53H100O12S/c1-3-5-7-9-11-13-15-17-18-19-20-21-22-23-24-25-26-27-28-29-31-33-35-37-39-41-43-61-45-47(46-62-53-51(57)52(65-66(58,59)60)50(56)48(44-54)64-53)63-49(55)42-40-38-36-34-32-30-16-14-12-10-8-6-4-2/h15,17,19-20,47-48,50-54,56-57H,3-14,16,18,21-46H2,1-2H3,(H,58,59,60)/b17-15-,20-19-. The SMILES string of the molecule is CCCCCCC/C=C\C/C=C\CCCCCCCCCCCCCCCCOCC(COC1OC(CO)C(O)C(OS(=O)(=O)O)C1O)OC(=O)CCCCCCCCCCCCCCC. The van der Waals surface area contributed by atoms with Crippen LogP contribution in [0.5, 0.6) is 0 Å². The van der Waals surface area contributed by atoms with Crippen molar-refractivity contribution >= 4 is 16.4 Å². The average molecular weight is 961 g/mol. The van der Waals surface area contributed by atoms with Crippen LogP contribution in [0.15, 0.2) is 24.3 Å². The highest BCUT2D eigenvalue weighted by Gasteiger charge is 2.48. The number of hydrogen-bond acceptors (Lipinski definition) is 11. The molecule has 1 aliphatic heterocycles. The predicted molar refractivity (Wildman–Crippen MR) is 267 cm³/mol. The van der Waals surface area contributed by atoms with Crippen molar-refractivity contribution in [3.8, 4) is 0 Å². The lowest BCUT2D eigenvalue weighted by Crippen LogP contribution is -2.60. The Hall–Kier alpha value is -1.42. The quantitative estimate of drug-likeness (QED) is 0.0197. The molecule has 4 N–H and O–H groups in total. The Morgan fingerprint density at radius 2 is 1.00 bits per heavy atom. The van der Waals surface area contributed by atoms with Crippen LogP contribution in [0.1, 0.15) is 245 Å². The minimum atomic E-state index is -5.06. The molecule has 0 aromatic rings. The number of ether oxygens (including phenoxy) is 4. The van der Waals surface area contributed by atoms with Crippen molar-refractivity contribution in [2.45, 2.75) is 282 Å². The van der Waals surface area contributed by atoms with E-state index in [1.807, 2.05) is 0 Å². The minimum Gasteiger partial charge on any atom is -0.457 e. The van der Waals surface area contributed by atoms with Gasteiger partial charge in [-0.1, -0.05) is 218 Å². The Balaban J connectivity index is 2.26. The van der Waals surface area contributed by atoms with Crippen LogP contribution in [-0.4, -0.2) is 97.5 Å². The normalized spacial score (nSPS) is 19.6. The molecule has 0 bridgehead atoms. The number of carbonyl (C=O) groups excluding carboxylic acids is 1. The lowest BCUT2D eigenvalue weighted by Gasteiger charge is -2.41. The van der Waals surface area contributed by atoms with Crippen LogP contribution in [0.25, 0.3) is 0 Å². The summed E-state index contributed by atoms with van der Waals surface area (Å²) in [6.07, 6.45) is 43.6. The molecule has 0 saturated carbocycles. The Morgan fingerprint density at radius 1 is 0.576 bits per heavy atom. The molecule has 13 heteroatoms. The Bertz CT molecular complexity index is 1250. The van der Waals surface area contributed by atoms with Crippen LogP contribution < -0.4 is 0 Å². The van der Waals surface area contributed by atoms with E-state index < -0.39 is 59.8 Å². The molecule has 1 aliphatic rings. The molecular weight excluding hydrogens is 861 g/mol. The first-order valence-corrected chi connectivity index (χ1v) is 28.5. The van der Waals surface area contributed by atoms with Gasteiger partial charge in [-0.2, -0.15) is 8.42 Å². The van der Waals surface area contributed by atoms with Crippen molar-refractivity contribution in [1.82, 2.24) is 0 Å². The third-order valence-corrected chi connectivity index (χ3v) is 13.0. The number of unbranched alkanes of at least 4 members (excludes halogenated alkanes) is 31. The minimum absolute atomic E-state index is 0.0406. The molecule has 0 amide bonds. The molecule has 0 spiro atoms. The van der Waals surface area contributed by atoms with Gasteiger partial charge in [0.1, 0.15) is 30.5 Å². The maximum atomic E-state index is 12.9. The number of esters is 1. The summed E-state index contributed by atoms with van der Waals surface area (Å²) >= 11 is 0. The number of rotatable bonds is 48. The van der Waals surface area contributed by atoms with Gasteiger partial charge in [0, 0.05) is 13.0 Å². The maximum absolute atomic E-state index is 12.9. The predicted octanol–water partition coefficient (Wildman–Crippen LogP) is 12.8. The second-order valence-electron chi connectivity index (χ2n) is 18.8. The van der Waals surface area contributed by atoms with E-state index in [-0.39, 0.29) is 19.6 Å². The summed E-state index contributed by atoms with van der Waals surface area (Å²) in [4.78, 5) is 12.9. The molecule has 0 radical (unpaired) electrons. The van der Waals surface area contributed by atoms with Gasteiger partial charge in [-0.3, -0.25) is 9.35 Å². The lowest BCUT2D eigenvalue weighted by atomic mass is 9.99. The monoisotopic (exact) mass is 961 g/mol. The Kier molecular flexibility index (Phi) is 42.5. The first kappa shape index (κ1) is 62.6. The van der Waals surface area contributed by atoms with E-state index in [4.69, 9.17) is 18.9 Å². The second-order valence-corrected chi connectivity index (χ2v) is 19.9. The van der Waals surface area contributed by atoms with Crippen molar-refractivity contribution < 1.29 is 56.2 Å². The van der Waals surface area contributed by atoms with E-state index in [0.717, 1.165) is 44.9 Å². The molecule has 0 aromatic heterocycles. The van der Waals surface area contributed by atoms with E-state index in [0.29, 0.717) is 13.0 Å². The zero-order valence-electron chi connectivity index (χ0n) is 42.0. The van der Waals surface area contributed by atoms with Crippen LogP contribution in [0.2, 0.25) is 0 Å². The number of aliphatic hydroxyl groups is 3. The molecule has 66 heavy (non-hydrogen) atoms. The van der Waals surface area contributed by atoms with Crippen LogP contribution in [-0.2, 0) is 38.3 Å². The Morgan fingerprint density at radius 3 is 1.44 bits per heavy atom. The van der Waals surface area contributed by atoms with Gasteiger partial charge in [0.2, 0.25) is 0 Å². The van der Waals surface area contributed by atoms with Gasteiger partial charge >= 0.3 is 16.4 Å². The van der Waals surface area contributed by atoms with Crippen molar-refractivity contribution in [2.24, 2.45) is 0 Å². The molecule has 0 aliphatic carbocycles. The van der Waals surface area contributed by atoms with Gasteiger partial charge in [-0.05, 0) is 44.9 Å². The summed E-state index contributed by atoms with van der Waals surface area (Å²) in [5.41, 5.74) is 0. The first-order valence-electron chi connectivity index (χ1n) is 27.1. The largest absolute Gasteiger partial charge is 0.457 e. The average Bonchev–Trinajstić information content (AvgIpc) is 3.29. The van der Waals surface area contributed by atoms with Crippen molar-refractivity contribution in [3.63, 3.8) is 0 Å². The van der Waals surface area contributed by atoms with Crippen LogP contribution in [0.4, 0.5) is 0 Å². The van der Waals surface area contributed by atoms with E-state index in [9.17, 15) is 33.1 Å². The zero-order valence-corrected chi connectivity index (χ0v) is 42.8. The molecule has 1 heterocycles. The summed E-state index contributed by atoms with van der Waals surface area (Å²) in [5.74, 6) is -0.395. The number of allylic oxidation sites excluding steroid dienone is 4. The van der Waals surface area contributed by atoms with Crippen molar-refractivity contribution in [1.29, 1.82) is 0 Å². The molecule has 6 atom stereocenters. The van der Waals surface area contributed by atoms with E-state index in [1.54, 1.807) is 0 Å². The highest BCUT2D eigenvalue weighted by molar-refractivity contribution is 7.80. The fraction of sp³-hybridized carbons (Fsp3) is 0.906. The first-order chi connectivity index (χ1) is 32.1. The highest BCUT2D eigenvalue weighted by Crippen LogP contribution is 2.26. The number of hydrogen-bond donors (Lipinski definition) is 4. The van der Waals surface area contributed by atoms with Gasteiger partial charge < -0.3 is 34.3 Å². The number of carbonyl (C=O) groups is 1. The summed E-state index contributed by atoms with van der Waals surface area (Å²) in [5, 5.41) is 30.7. The molecule has 1 rings (SSSR count). The van der Waals surface area contributed by atoms with E-state index in [2.05, 4.69) is 42.3 Å². The second kappa shape index (κ2) is 44.8. The van der Waals surface area contributed by atoms with Crippen LogP contribution >= 0.6 is 0 Å². The molecule has 0 aromatic carbocycles. The lowest BCUT2D eigenvalue weighted by molar-refractivity contribution is -0.301. The van der Waals surface area contributed by atoms with Gasteiger partial charge in [0.25, 0.3) is 0 Å². The van der Waals surface area contributed by atoms with Gasteiger partial charge in [0.15, 0.2) is 6.29 Å². The molecule has 1 saturated heterocycles. The smallest absolute Gasteiger partial charge is 0.397 e. The number of aliphatic hydroxyl groups excluding tert-OH is 3.